The molecule has 4 heteroatoms. The van der Waals surface area contributed by atoms with Crippen LogP contribution in [0.3, 0.4) is 0 Å². The molecular weight excluding hydrogens is 254 g/mol. The molecule has 4 nitrogen and oxygen atoms in total. The second-order valence-electron chi connectivity index (χ2n) is 6.14. The Hall–Kier alpha value is -1.42. The summed E-state index contributed by atoms with van der Waals surface area (Å²) in [4.78, 5) is 16.7. The van der Waals surface area contributed by atoms with E-state index in [0.29, 0.717) is 17.9 Å². The molecule has 1 atom stereocenters. The van der Waals surface area contributed by atoms with Gasteiger partial charge in [0.2, 0.25) is 0 Å². The average Bonchev–Trinajstić information content (AvgIpc) is 2.33. The van der Waals surface area contributed by atoms with E-state index in [1.165, 1.54) is 0 Å². The topological polar surface area (TPSA) is 48.4 Å². The summed E-state index contributed by atoms with van der Waals surface area (Å²) < 4.78 is 11.2. The van der Waals surface area contributed by atoms with Gasteiger partial charge < -0.3 is 9.47 Å². The van der Waals surface area contributed by atoms with Gasteiger partial charge in [0.15, 0.2) is 5.78 Å². The van der Waals surface area contributed by atoms with Gasteiger partial charge in [-0.05, 0) is 32.3 Å². The minimum Gasteiger partial charge on any atom is -0.489 e. The van der Waals surface area contributed by atoms with Gasteiger partial charge in [-0.15, -0.1) is 0 Å². The van der Waals surface area contributed by atoms with Gasteiger partial charge in [-0.25, -0.2) is 0 Å². The molecule has 0 aromatic carbocycles. The van der Waals surface area contributed by atoms with Crippen molar-refractivity contribution in [3.63, 3.8) is 0 Å². The predicted molar refractivity (Wildman–Crippen MR) is 79.2 cm³/mol. The Morgan fingerprint density at radius 3 is 2.45 bits per heavy atom. The molecule has 0 amide bonds. The molecule has 1 aromatic rings. The second-order valence-corrected chi connectivity index (χ2v) is 6.14. The highest BCUT2D eigenvalue weighted by Gasteiger charge is 2.32. The van der Waals surface area contributed by atoms with E-state index in [0.717, 1.165) is 0 Å². The Bertz CT molecular complexity index is 449. The van der Waals surface area contributed by atoms with Crippen molar-refractivity contribution in [1.29, 1.82) is 0 Å². The molecule has 0 saturated carbocycles. The number of carbonyl (C=O) groups excluding carboxylic acids is 1. The second kappa shape index (κ2) is 6.84. The van der Waals surface area contributed by atoms with Gasteiger partial charge in [0.1, 0.15) is 11.9 Å². The fourth-order valence-corrected chi connectivity index (χ4v) is 1.93. The van der Waals surface area contributed by atoms with Crippen LogP contribution in [0.2, 0.25) is 0 Å². The molecule has 1 rings (SSSR count). The quantitative estimate of drug-likeness (QED) is 0.748. The van der Waals surface area contributed by atoms with Crippen molar-refractivity contribution in [2.75, 3.05) is 6.61 Å². The summed E-state index contributed by atoms with van der Waals surface area (Å²) in [5.41, 5.74) is 0.263. The van der Waals surface area contributed by atoms with E-state index in [1.54, 1.807) is 18.5 Å². The van der Waals surface area contributed by atoms with Crippen molar-refractivity contribution in [2.24, 2.45) is 5.41 Å². The molecular formula is C16H25NO3. The van der Waals surface area contributed by atoms with Crippen LogP contribution in [-0.4, -0.2) is 29.6 Å². The largest absolute Gasteiger partial charge is 0.489 e. The first kappa shape index (κ1) is 16.6. The SMILES string of the molecule is CCOC(C(=O)c1cncc(OC(C)C)c1)C(C)(C)C. The number of Topliss-reactive ketones (excluding diaryl/α,β-unsaturated/α-hetero) is 1. The van der Waals surface area contributed by atoms with Gasteiger partial charge in [0.05, 0.1) is 12.3 Å². The highest BCUT2D eigenvalue weighted by Crippen LogP contribution is 2.26. The fourth-order valence-electron chi connectivity index (χ4n) is 1.93. The Balaban J connectivity index is 3.00. The maximum Gasteiger partial charge on any atom is 0.193 e. The van der Waals surface area contributed by atoms with Crippen LogP contribution in [-0.2, 0) is 4.74 Å². The van der Waals surface area contributed by atoms with Crippen LogP contribution in [0.25, 0.3) is 0 Å². The molecule has 1 aromatic heterocycles. The molecule has 0 saturated heterocycles. The van der Waals surface area contributed by atoms with Gasteiger partial charge in [-0.3, -0.25) is 9.78 Å². The Labute approximate surface area is 121 Å². The number of hydrogen-bond acceptors (Lipinski definition) is 4. The lowest BCUT2D eigenvalue weighted by Gasteiger charge is -2.29. The van der Waals surface area contributed by atoms with Crippen molar-refractivity contribution in [2.45, 2.75) is 53.8 Å². The molecule has 20 heavy (non-hydrogen) atoms. The minimum atomic E-state index is -0.483. The van der Waals surface area contributed by atoms with Gasteiger partial charge in [0.25, 0.3) is 0 Å². The Morgan fingerprint density at radius 1 is 1.30 bits per heavy atom. The molecule has 0 fully saturated rings. The van der Waals surface area contributed by atoms with Crippen molar-refractivity contribution in [1.82, 2.24) is 4.98 Å². The lowest BCUT2D eigenvalue weighted by atomic mass is 9.84. The molecule has 1 unspecified atom stereocenters. The maximum absolute atomic E-state index is 12.6. The third-order valence-electron chi connectivity index (χ3n) is 2.73. The van der Waals surface area contributed by atoms with Crippen LogP contribution in [0.5, 0.6) is 5.75 Å². The van der Waals surface area contributed by atoms with E-state index in [2.05, 4.69) is 4.98 Å². The molecule has 0 spiro atoms. The first-order chi connectivity index (χ1) is 9.25. The van der Waals surface area contributed by atoms with E-state index in [9.17, 15) is 4.79 Å². The third-order valence-corrected chi connectivity index (χ3v) is 2.73. The number of nitrogens with zero attached hydrogens (tertiary/aromatic N) is 1. The van der Waals surface area contributed by atoms with E-state index < -0.39 is 6.10 Å². The van der Waals surface area contributed by atoms with Crippen molar-refractivity contribution in [3.8, 4) is 5.75 Å². The average molecular weight is 279 g/mol. The summed E-state index contributed by atoms with van der Waals surface area (Å²) in [7, 11) is 0. The predicted octanol–water partition coefficient (Wildman–Crippen LogP) is 3.50. The molecule has 112 valence electrons. The first-order valence-electron chi connectivity index (χ1n) is 7.03. The van der Waals surface area contributed by atoms with E-state index in [-0.39, 0.29) is 17.3 Å². The zero-order valence-electron chi connectivity index (χ0n) is 13.3. The van der Waals surface area contributed by atoms with Gasteiger partial charge in [-0.1, -0.05) is 20.8 Å². The van der Waals surface area contributed by atoms with Crippen LogP contribution >= 0.6 is 0 Å². The molecule has 0 aliphatic carbocycles. The van der Waals surface area contributed by atoms with Gasteiger partial charge in [-0.2, -0.15) is 0 Å². The van der Waals surface area contributed by atoms with Gasteiger partial charge >= 0.3 is 0 Å². The smallest absolute Gasteiger partial charge is 0.193 e. The Morgan fingerprint density at radius 2 is 1.95 bits per heavy atom. The summed E-state index contributed by atoms with van der Waals surface area (Å²) in [5.74, 6) is 0.552. The lowest BCUT2D eigenvalue weighted by Crippen LogP contribution is -2.37. The molecule has 0 bridgehead atoms. The number of rotatable bonds is 6. The number of ether oxygens (including phenoxy) is 2. The number of carbonyl (C=O) groups is 1. The number of pyridine rings is 1. The Kier molecular flexibility index (Phi) is 5.69. The zero-order valence-corrected chi connectivity index (χ0v) is 13.3. The number of ketones is 1. The van der Waals surface area contributed by atoms with Gasteiger partial charge in [0, 0.05) is 18.4 Å². The summed E-state index contributed by atoms with van der Waals surface area (Å²) >= 11 is 0. The fraction of sp³-hybridized carbons (Fsp3) is 0.625. The van der Waals surface area contributed by atoms with E-state index >= 15 is 0 Å². The highest BCUT2D eigenvalue weighted by atomic mass is 16.5. The normalized spacial score (nSPS) is 13.3. The zero-order chi connectivity index (χ0) is 15.3. The van der Waals surface area contributed by atoms with E-state index in [4.69, 9.17) is 9.47 Å². The highest BCUT2D eigenvalue weighted by molar-refractivity contribution is 6.00. The number of hydrogen-bond donors (Lipinski definition) is 0. The molecule has 0 radical (unpaired) electrons. The van der Waals surface area contributed by atoms with Crippen molar-refractivity contribution in [3.05, 3.63) is 24.0 Å². The molecule has 0 aliphatic heterocycles. The molecule has 1 heterocycles. The summed E-state index contributed by atoms with van der Waals surface area (Å²) in [6.07, 6.45) is 2.74. The van der Waals surface area contributed by atoms with Crippen LogP contribution < -0.4 is 4.74 Å². The summed E-state index contributed by atoms with van der Waals surface area (Å²) in [5, 5.41) is 0. The van der Waals surface area contributed by atoms with Crippen LogP contribution in [0.4, 0.5) is 0 Å². The van der Waals surface area contributed by atoms with Crippen molar-refractivity contribution < 1.29 is 14.3 Å². The van der Waals surface area contributed by atoms with Crippen LogP contribution in [0.15, 0.2) is 18.5 Å². The third kappa shape index (κ3) is 4.60. The van der Waals surface area contributed by atoms with E-state index in [1.807, 2.05) is 41.5 Å². The standard InChI is InChI=1S/C16H25NO3/c1-7-19-15(16(4,5)6)14(18)12-8-13(10-17-9-12)20-11(2)3/h8-11,15H,7H2,1-6H3. The summed E-state index contributed by atoms with van der Waals surface area (Å²) in [6, 6.07) is 1.73. The summed E-state index contributed by atoms with van der Waals surface area (Å²) in [6.45, 7) is 12.2. The lowest BCUT2D eigenvalue weighted by molar-refractivity contribution is -0.000272. The van der Waals surface area contributed by atoms with Crippen molar-refractivity contribution >= 4 is 5.78 Å². The van der Waals surface area contributed by atoms with Crippen LogP contribution in [0.1, 0.15) is 51.9 Å². The molecule has 0 aliphatic rings. The monoisotopic (exact) mass is 279 g/mol. The number of aromatic nitrogens is 1. The molecule has 0 N–H and O–H groups in total. The van der Waals surface area contributed by atoms with Crippen LogP contribution in [0, 0.1) is 5.41 Å². The first-order valence-corrected chi connectivity index (χ1v) is 7.03. The minimum absolute atomic E-state index is 0.0486. The maximum atomic E-state index is 12.6.